The van der Waals surface area contributed by atoms with Gasteiger partial charge in [0, 0.05) is 6.04 Å². The van der Waals surface area contributed by atoms with Gasteiger partial charge in [-0.2, -0.15) is 0 Å². The zero-order chi connectivity index (χ0) is 20.5. The molecule has 0 saturated heterocycles. The number of rotatable bonds is 3. The molecule has 4 fully saturated rings. The molecule has 4 saturated carbocycles. The highest BCUT2D eigenvalue weighted by atomic mass is 19.2. The smallest absolute Gasteiger partial charge is 0.162 e. The van der Waals surface area contributed by atoms with Gasteiger partial charge in [0.2, 0.25) is 0 Å². The second kappa shape index (κ2) is 9.44. The van der Waals surface area contributed by atoms with E-state index in [1.165, 1.54) is 51.4 Å². The minimum absolute atomic E-state index is 0.00645. The predicted octanol–water partition coefficient (Wildman–Crippen LogP) is 6.49. The van der Waals surface area contributed by atoms with E-state index in [1.54, 1.807) is 0 Å². The largest absolute Gasteiger partial charge is 0.328 e. The fraction of sp³-hybridized carbons (Fsp3) is 1.00. The first-order valence-electron chi connectivity index (χ1n) is 12.2. The molecule has 168 valence electrons. The van der Waals surface area contributed by atoms with Crippen LogP contribution in [-0.2, 0) is 0 Å². The van der Waals surface area contributed by atoms with Crippen molar-refractivity contribution in [2.24, 2.45) is 41.2 Å². The number of nitrogens with two attached hydrogens (primary N) is 1. The fourth-order valence-corrected chi connectivity index (χ4v) is 7.34. The summed E-state index contributed by atoms with van der Waals surface area (Å²) in [5.41, 5.74) is 6.05. The Kier molecular flexibility index (Phi) is 7.13. The van der Waals surface area contributed by atoms with E-state index < -0.39 is 24.7 Å². The zero-order valence-corrected chi connectivity index (χ0v) is 17.6. The van der Waals surface area contributed by atoms with Crippen molar-refractivity contribution < 1.29 is 17.6 Å². The third-order valence-corrected chi connectivity index (χ3v) is 9.18. The molecular formula is C24H39F4N. The normalized spacial score (nSPS) is 52.2. The Hall–Kier alpha value is -0.320. The molecule has 4 aliphatic carbocycles. The van der Waals surface area contributed by atoms with Crippen LogP contribution in [0.3, 0.4) is 0 Å². The Labute approximate surface area is 173 Å². The van der Waals surface area contributed by atoms with Gasteiger partial charge in [-0.3, -0.25) is 0 Å². The molecule has 4 rings (SSSR count). The first-order valence-corrected chi connectivity index (χ1v) is 12.2. The SMILES string of the molecule is NC1CCC(C2CCC(C3CCC(C4CC(F)C(F)C(F)C4)C(F)C3)CC2)CC1. The first kappa shape index (κ1) is 21.9. The van der Waals surface area contributed by atoms with Gasteiger partial charge >= 0.3 is 0 Å². The maximum atomic E-state index is 15.0. The van der Waals surface area contributed by atoms with Gasteiger partial charge in [0.25, 0.3) is 0 Å². The second-order valence-electron chi connectivity index (χ2n) is 10.8. The summed E-state index contributed by atoms with van der Waals surface area (Å²) in [6.07, 6.45) is 5.55. The molecule has 0 aliphatic heterocycles. The van der Waals surface area contributed by atoms with Gasteiger partial charge in [-0.05, 0) is 119 Å². The van der Waals surface area contributed by atoms with E-state index in [2.05, 4.69) is 0 Å². The van der Waals surface area contributed by atoms with E-state index in [1.807, 2.05) is 0 Å². The zero-order valence-electron chi connectivity index (χ0n) is 17.6. The van der Waals surface area contributed by atoms with Crippen LogP contribution >= 0.6 is 0 Å². The first-order chi connectivity index (χ1) is 13.9. The van der Waals surface area contributed by atoms with Crippen LogP contribution in [0.25, 0.3) is 0 Å². The predicted molar refractivity (Wildman–Crippen MR) is 109 cm³/mol. The lowest BCUT2D eigenvalue weighted by Gasteiger charge is -2.44. The quantitative estimate of drug-likeness (QED) is 0.522. The van der Waals surface area contributed by atoms with E-state index in [9.17, 15) is 13.2 Å². The molecule has 0 aromatic heterocycles. The Morgan fingerprint density at radius 1 is 0.448 bits per heavy atom. The number of hydrogen-bond donors (Lipinski definition) is 1. The van der Waals surface area contributed by atoms with Crippen molar-refractivity contribution in [1.82, 2.24) is 0 Å². The molecule has 4 aliphatic rings. The number of alkyl halides is 4. The van der Waals surface area contributed by atoms with E-state index in [-0.39, 0.29) is 24.7 Å². The van der Waals surface area contributed by atoms with Crippen molar-refractivity contribution in [2.75, 3.05) is 0 Å². The molecule has 0 aromatic rings. The summed E-state index contributed by atoms with van der Waals surface area (Å²) in [5, 5.41) is 0. The van der Waals surface area contributed by atoms with Crippen molar-refractivity contribution in [3.63, 3.8) is 0 Å². The molecular weight excluding hydrogens is 378 g/mol. The Morgan fingerprint density at radius 2 is 0.862 bits per heavy atom. The molecule has 29 heavy (non-hydrogen) atoms. The van der Waals surface area contributed by atoms with Crippen LogP contribution in [0, 0.1) is 35.5 Å². The Morgan fingerprint density at radius 3 is 1.38 bits per heavy atom. The third-order valence-electron chi connectivity index (χ3n) is 9.18. The van der Waals surface area contributed by atoms with Crippen LogP contribution < -0.4 is 5.73 Å². The fourth-order valence-electron chi connectivity index (χ4n) is 7.34. The van der Waals surface area contributed by atoms with Crippen molar-refractivity contribution in [3.05, 3.63) is 0 Å². The Bertz CT molecular complexity index is 503. The monoisotopic (exact) mass is 417 g/mol. The summed E-state index contributed by atoms with van der Waals surface area (Å²) in [4.78, 5) is 0. The second-order valence-corrected chi connectivity index (χ2v) is 10.8. The average Bonchev–Trinajstić information content (AvgIpc) is 2.72. The standard InChI is InChI=1S/C24H39F4N/c25-21-11-17(7-10-20(21)18-12-22(26)24(28)23(27)13-18)16-3-1-14(2-4-16)15-5-8-19(29)9-6-15/h14-24H,1-13,29H2. The highest BCUT2D eigenvalue weighted by Gasteiger charge is 2.46. The summed E-state index contributed by atoms with van der Waals surface area (Å²) in [6.45, 7) is 0. The van der Waals surface area contributed by atoms with Gasteiger partial charge in [0.05, 0.1) is 0 Å². The van der Waals surface area contributed by atoms with Crippen LogP contribution in [0.2, 0.25) is 0 Å². The molecule has 0 aromatic carbocycles. The van der Waals surface area contributed by atoms with Crippen molar-refractivity contribution in [1.29, 1.82) is 0 Å². The van der Waals surface area contributed by atoms with Gasteiger partial charge < -0.3 is 5.73 Å². The lowest BCUT2D eigenvalue weighted by atomic mass is 9.63. The minimum Gasteiger partial charge on any atom is -0.328 e. The van der Waals surface area contributed by atoms with Crippen LogP contribution in [0.1, 0.15) is 83.5 Å². The van der Waals surface area contributed by atoms with Crippen LogP contribution in [0.15, 0.2) is 0 Å². The highest BCUT2D eigenvalue weighted by Crippen LogP contribution is 2.48. The molecule has 0 radical (unpaired) electrons. The summed E-state index contributed by atoms with van der Waals surface area (Å²) >= 11 is 0. The summed E-state index contributed by atoms with van der Waals surface area (Å²) < 4.78 is 56.1. The molecule has 0 amide bonds. The summed E-state index contributed by atoms with van der Waals surface area (Å²) in [5.74, 6) is 2.08. The van der Waals surface area contributed by atoms with Crippen molar-refractivity contribution in [3.8, 4) is 0 Å². The lowest BCUT2D eigenvalue weighted by Crippen LogP contribution is -2.43. The molecule has 0 bridgehead atoms. The topological polar surface area (TPSA) is 26.0 Å². The van der Waals surface area contributed by atoms with Gasteiger partial charge in [0.1, 0.15) is 18.5 Å². The van der Waals surface area contributed by atoms with Gasteiger partial charge in [0.15, 0.2) is 6.17 Å². The molecule has 5 heteroatoms. The number of halogens is 4. The maximum absolute atomic E-state index is 15.0. The van der Waals surface area contributed by atoms with Crippen LogP contribution in [-0.4, -0.2) is 30.7 Å². The molecule has 0 spiro atoms. The van der Waals surface area contributed by atoms with E-state index >= 15 is 4.39 Å². The van der Waals surface area contributed by atoms with Crippen LogP contribution in [0.5, 0.6) is 0 Å². The van der Waals surface area contributed by atoms with Crippen molar-refractivity contribution in [2.45, 2.75) is 114 Å². The summed E-state index contributed by atoms with van der Waals surface area (Å²) in [7, 11) is 0. The van der Waals surface area contributed by atoms with Gasteiger partial charge in [-0.15, -0.1) is 0 Å². The van der Waals surface area contributed by atoms with Crippen molar-refractivity contribution >= 4 is 0 Å². The summed E-state index contributed by atoms with van der Waals surface area (Å²) in [6, 6.07) is 0.402. The molecule has 2 N–H and O–H groups in total. The Balaban J connectivity index is 1.24. The van der Waals surface area contributed by atoms with E-state index in [0.717, 1.165) is 18.3 Å². The molecule has 0 heterocycles. The molecule has 1 nitrogen and oxygen atoms in total. The highest BCUT2D eigenvalue weighted by molar-refractivity contribution is 4.95. The van der Waals surface area contributed by atoms with E-state index in [0.29, 0.717) is 30.7 Å². The third kappa shape index (κ3) is 4.96. The maximum Gasteiger partial charge on any atom is 0.162 e. The number of hydrogen-bond acceptors (Lipinski definition) is 1. The van der Waals surface area contributed by atoms with Crippen LogP contribution in [0.4, 0.5) is 17.6 Å². The minimum atomic E-state index is -2.02. The molecule has 5 unspecified atom stereocenters. The van der Waals surface area contributed by atoms with Gasteiger partial charge in [-0.25, -0.2) is 17.6 Å². The average molecular weight is 418 g/mol. The van der Waals surface area contributed by atoms with E-state index in [4.69, 9.17) is 5.73 Å². The molecule has 5 atom stereocenters. The lowest BCUT2D eigenvalue weighted by molar-refractivity contribution is -0.0292. The van der Waals surface area contributed by atoms with Gasteiger partial charge in [-0.1, -0.05) is 0 Å².